The van der Waals surface area contributed by atoms with Gasteiger partial charge in [0.05, 0.1) is 19.8 Å². The minimum atomic E-state index is -0.780. The van der Waals surface area contributed by atoms with E-state index < -0.39 is 5.41 Å². The smallest absolute Gasteiger partial charge is 0.0536 e. The lowest BCUT2D eigenvalue weighted by atomic mass is 9.63. The van der Waals surface area contributed by atoms with Crippen LogP contribution in [0.15, 0.2) is 0 Å². The first-order valence-corrected chi connectivity index (χ1v) is 5.18. The zero-order valence-corrected chi connectivity index (χ0v) is 9.75. The van der Waals surface area contributed by atoms with Gasteiger partial charge >= 0.3 is 0 Å². The lowest BCUT2D eigenvalue weighted by Gasteiger charge is -2.44. The number of rotatable bonds is 6. The van der Waals surface area contributed by atoms with E-state index in [0.29, 0.717) is 5.92 Å². The van der Waals surface area contributed by atoms with Gasteiger partial charge in [-0.3, -0.25) is 0 Å². The quantitative estimate of drug-likeness (QED) is 0.605. The van der Waals surface area contributed by atoms with Crippen molar-refractivity contribution in [2.75, 3.05) is 19.8 Å². The summed E-state index contributed by atoms with van der Waals surface area (Å²) in [6.07, 6.45) is 0.870. The van der Waals surface area contributed by atoms with E-state index in [1.54, 1.807) is 0 Å². The van der Waals surface area contributed by atoms with Crippen LogP contribution in [0.25, 0.3) is 0 Å². The maximum absolute atomic E-state index is 9.31. The Hall–Kier alpha value is -0.120. The molecule has 0 spiro atoms. The summed E-state index contributed by atoms with van der Waals surface area (Å²) >= 11 is 0. The highest BCUT2D eigenvalue weighted by Crippen LogP contribution is 2.42. The molecule has 0 atom stereocenters. The molecule has 0 aromatic carbocycles. The predicted molar refractivity (Wildman–Crippen MR) is 56.9 cm³/mol. The number of aliphatic hydroxyl groups excluding tert-OH is 3. The molecule has 3 heteroatoms. The topological polar surface area (TPSA) is 60.7 Å². The van der Waals surface area contributed by atoms with Gasteiger partial charge in [0.15, 0.2) is 0 Å². The molecule has 0 saturated carbocycles. The molecule has 0 aliphatic heterocycles. The molecule has 0 heterocycles. The van der Waals surface area contributed by atoms with Gasteiger partial charge in [-0.2, -0.15) is 0 Å². The molecule has 0 unspecified atom stereocenters. The highest BCUT2D eigenvalue weighted by molar-refractivity contribution is 4.92. The van der Waals surface area contributed by atoms with Crippen LogP contribution in [0.1, 0.15) is 34.1 Å². The third-order valence-electron chi connectivity index (χ3n) is 3.26. The molecule has 14 heavy (non-hydrogen) atoms. The summed E-state index contributed by atoms with van der Waals surface area (Å²) in [7, 11) is 0. The molecule has 0 rings (SSSR count). The van der Waals surface area contributed by atoms with Gasteiger partial charge in [0.25, 0.3) is 0 Å². The third-order valence-corrected chi connectivity index (χ3v) is 3.26. The Bertz CT molecular complexity index is 152. The van der Waals surface area contributed by atoms with Gasteiger partial charge < -0.3 is 15.3 Å². The fourth-order valence-corrected chi connectivity index (χ4v) is 2.03. The van der Waals surface area contributed by atoms with Crippen molar-refractivity contribution in [2.24, 2.45) is 16.7 Å². The Morgan fingerprint density at radius 2 is 1.29 bits per heavy atom. The second-order valence-electron chi connectivity index (χ2n) is 5.24. The van der Waals surface area contributed by atoms with Crippen LogP contribution >= 0.6 is 0 Å². The van der Waals surface area contributed by atoms with Gasteiger partial charge in [-0.25, -0.2) is 0 Å². The van der Waals surface area contributed by atoms with Crippen LogP contribution in [0, 0.1) is 16.7 Å². The molecule has 86 valence electrons. The molecular formula is C11H24O3. The van der Waals surface area contributed by atoms with Crippen molar-refractivity contribution in [1.82, 2.24) is 0 Å². The molecule has 0 aliphatic rings. The van der Waals surface area contributed by atoms with E-state index in [1.165, 1.54) is 0 Å². The van der Waals surface area contributed by atoms with E-state index in [2.05, 4.69) is 13.8 Å². The van der Waals surface area contributed by atoms with Crippen molar-refractivity contribution in [3.8, 4) is 0 Å². The van der Waals surface area contributed by atoms with Crippen LogP contribution in [0.4, 0.5) is 0 Å². The summed E-state index contributed by atoms with van der Waals surface area (Å²) < 4.78 is 0. The Morgan fingerprint density at radius 1 is 0.929 bits per heavy atom. The van der Waals surface area contributed by atoms with Gasteiger partial charge in [0.1, 0.15) is 0 Å². The standard InChI is InChI=1S/C11H24O3/c1-9(2)5-10(3,4)11(6-12,7-13)8-14/h9,12-14H,5-8H2,1-4H3. The lowest BCUT2D eigenvalue weighted by molar-refractivity contribution is -0.0856. The Kier molecular flexibility index (Phi) is 5.06. The molecule has 0 saturated heterocycles. The number of hydrogen-bond donors (Lipinski definition) is 3. The SMILES string of the molecule is CC(C)CC(C)(C)C(CO)(CO)CO. The molecule has 0 amide bonds. The minimum absolute atomic E-state index is 0.181. The first-order chi connectivity index (χ1) is 6.35. The first kappa shape index (κ1) is 13.9. The Balaban J connectivity index is 4.78. The summed E-state index contributed by atoms with van der Waals surface area (Å²) in [6, 6.07) is 0. The van der Waals surface area contributed by atoms with Crippen molar-refractivity contribution in [2.45, 2.75) is 34.1 Å². The molecule has 0 bridgehead atoms. The molecule has 0 aliphatic carbocycles. The van der Waals surface area contributed by atoms with E-state index in [0.717, 1.165) is 6.42 Å². The molecule has 0 fully saturated rings. The molecule has 0 radical (unpaired) electrons. The Labute approximate surface area is 86.8 Å². The summed E-state index contributed by atoms with van der Waals surface area (Å²) in [4.78, 5) is 0. The zero-order valence-electron chi connectivity index (χ0n) is 9.75. The average Bonchev–Trinajstić information content (AvgIpc) is 2.05. The van der Waals surface area contributed by atoms with Crippen molar-refractivity contribution in [1.29, 1.82) is 0 Å². The predicted octanol–water partition coefficient (Wildman–Crippen LogP) is 1.02. The minimum Gasteiger partial charge on any atom is -0.396 e. The van der Waals surface area contributed by atoms with Crippen molar-refractivity contribution in [3.63, 3.8) is 0 Å². The second-order valence-corrected chi connectivity index (χ2v) is 5.24. The number of aliphatic hydroxyl groups is 3. The Morgan fingerprint density at radius 3 is 1.50 bits per heavy atom. The average molecular weight is 204 g/mol. The fraction of sp³-hybridized carbons (Fsp3) is 1.00. The summed E-state index contributed by atoms with van der Waals surface area (Å²) in [5, 5.41) is 27.9. The van der Waals surface area contributed by atoms with Gasteiger partial charge in [0, 0.05) is 5.41 Å². The van der Waals surface area contributed by atoms with Crippen LogP contribution in [0.5, 0.6) is 0 Å². The van der Waals surface area contributed by atoms with Gasteiger partial charge in [-0.1, -0.05) is 27.7 Å². The first-order valence-electron chi connectivity index (χ1n) is 5.18. The normalized spacial score (nSPS) is 13.7. The lowest BCUT2D eigenvalue weighted by Crippen LogP contribution is -2.47. The maximum Gasteiger partial charge on any atom is 0.0536 e. The summed E-state index contributed by atoms with van der Waals surface area (Å²) in [5.41, 5.74) is -1.04. The van der Waals surface area contributed by atoms with E-state index in [4.69, 9.17) is 0 Å². The van der Waals surface area contributed by atoms with E-state index in [9.17, 15) is 15.3 Å². The van der Waals surface area contributed by atoms with Crippen LogP contribution < -0.4 is 0 Å². The van der Waals surface area contributed by atoms with Crippen LogP contribution in [0.3, 0.4) is 0 Å². The number of hydrogen-bond acceptors (Lipinski definition) is 3. The van der Waals surface area contributed by atoms with Crippen LogP contribution in [-0.2, 0) is 0 Å². The van der Waals surface area contributed by atoms with Gasteiger partial charge in [-0.05, 0) is 17.8 Å². The molecule has 0 aromatic heterocycles. The van der Waals surface area contributed by atoms with Crippen LogP contribution in [0.2, 0.25) is 0 Å². The van der Waals surface area contributed by atoms with Gasteiger partial charge in [-0.15, -0.1) is 0 Å². The summed E-state index contributed by atoms with van der Waals surface area (Å²) in [6.45, 7) is 7.61. The molecule has 0 aromatic rings. The molecule has 3 N–H and O–H groups in total. The molecule has 3 nitrogen and oxygen atoms in total. The zero-order chi connectivity index (χ0) is 11.4. The fourth-order valence-electron chi connectivity index (χ4n) is 2.03. The van der Waals surface area contributed by atoms with Crippen molar-refractivity contribution < 1.29 is 15.3 Å². The second kappa shape index (κ2) is 5.10. The highest BCUT2D eigenvalue weighted by atomic mass is 16.3. The van der Waals surface area contributed by atoms with Crippen molar-refractivity contribution >= 4 is 0 Å². The van der Waals surface area contributed by atoms with Crippen LogP contribution in [-0.4, -0.2) is 35.1 Å². The molecular weight excluding hydrogens is 180 g/mol. The largest absolute Gasteiger partial charge is 0.396 e. The van der Waals surface area contributed by atoms with E-state index >= 15 is 0 Å². The monoisotopic (exact) mass is 204 g/mol. The van der Waals surface area contributed by atoms with E-state index in [1.807, 2.05) is 13.8 Å². The third kappa shape index (κ3) is 2.69. The summed E-state index contributed by atoms with van der Waals surface area (Å²) in [5.74, 6) is 0.481. The highest BCUT2D eigenvalue weighted by Gasteiger charge is 2.43. The maximum atomic E-state index is 9.31. The van der Waals surface area contributed by atoms with Gasteiger partial charge in [0.2, 0.25) is 0 Å². The van der Waals surface area contributed by atoms with Crippen molar-refractivity contribution in [3.05, 3.63) is 0 Å². The van der Waals surface area contributed by atoms with E-state index in [-0.39, 0.29) is 25.2 Å².